The fourth-order valence-electron chi connectivity index (χ4n) is 3.64. The molecule has 1 aromatic heterocycles. The van der Waals surface area contributed by atoms with Crippen LogP contribution in [0.2, 0.25) is 0 Å². The molecule has 0 radical (unpaired) electrons. The number of pyridine rings is 1. The van der Waals surface area contributed by atoms with E-state index in [-0.39, 0.29) is 12.0 Å². The third-order valence-corrected chi connectivity index (χ3v) is 5.07. The molecule has 6 nitrogen and oxygen atoms in total. The van der Waals surface area contributed by atoms with Crippen LogP contribution in [0.15, 0.2) is 23.3 Å². The lowest BCUT2D eigenvalue weighted by Gasteiger charge is -2.37. The molecule has 2 rings (SSSR count). The summed E-state index contributed by atoms with van der Waals surface area (Å²) in [5, 5.41) is 16.3. The number of aromatic nitrogens is 1. The smallest absolute Gasteiger partial charge is 0.218 e. The first-order valence-corrected chi connectivity index (χ1v) is 9.93. The molecule has 1 aromatic rings. The zero-order chi connectivity index (χ0) is 18.7. The first-order valence-electron chi connectivity index (χ1n) is 9.93. The van der Waals surface area contributed by atoms with Crippen LogP contribution in [-0.2, 0) is 6.54 Å². The highest BCUT2D eigenvalue weighted by Gasteiger charge is 2.31. The van der Waals surface area contributed by atoms with Crippen molar-refractivity contribution in [3.63, 3.8) is 0 Å². The minimum Gasteiger partial charge on any atom is -0.478 e. The normalized spacial score (nSPS) is 17.0. The molecular weight excluding hydrogens is 328 g/mol. The molecule has 6 heteroatoms. The summed E-state index contributed by atoms with van der Waals surface area (Å²) in [6.07, 6.45) is 8.77. The molecular formula is C20H34N4O2. The van der Waals surface area contributed by atoms with Crippen LogP contribution in [0.25, 0.3) is 0 Å². The molecule has 1 aliphatic carbocycles. The van der Waals surface area contributed by atoms with Gasteiger partial charge in [0.05, 0.1) is 13.2 Å². The molecule has 1 saturated carbocycles. The maximum Gasteiger partial charge on any atom is 0.218 e. The third-order valence-electron chi connectivity index (χ3n) is 5.07. The van der Waals surface area contributed by atoms with Crippen molar-refractivity contribution in [2.24, 2.45) is 10.4 Å². The van der Waals surface area contributed by atoms with Gasteiger partial charge in [0.25, 0.3) is 0 Å². The van der Waals surface area contributed by atoms with Gasteiger partial charge in [0.1, 0.15) is 0 Å². The summed E-state index contributed by atoms with van der Waals surface area (Å²) in [6, 6.07) is 3.91. The zero-order valence-electron chi connectivity index (χ0n) is 16.3. The van der Waals surface area contributed by atoms with Crippen molar-refractivity contribution in [3.8, 4) is 5.88 Å². The van der Waals surface area contributed by atoms with E-state index in [2.05, 4.69) is 22.5 Å². The summed E-state index contributed by atoms with van der Waals surface area (Å²) in [5.74, 6) is 1.46. The number of ether oxygens (including phenoxy) is 1. The van der Waals surface area contributed by atoms with Gasteiger partial charge in [0.2, 0.25) is 5.88 Å². The molecule has 0 spiro atoms. The molecule has 26 heavy (non-hydrogen) atoms. The van der Waals surface area contributed by atoms with E-state index in [9.17, 15) is 5.11 Å². The predicted molar refractivity (Wildman–Crippen MR) is 105 cm³/mol. The van der Waals surface area contributed by atoms with Gasteiger partial charge >= 0.3 is 0 Å². The molecule has 0 unspecified atom stereocenters. The second-order valence-electron chi connectivity index (χ2n) is 6.98. The largest absolute Gasteiger partial charge is 0.478 e. The average molecular weight is 363 g/mol. The van der Waals surface area contributed by atoms with Crippen LogP contribution in [0.1, 0.15) is 57.9 Å². The molecule has 146 valence electrons. The van der Waals surface area contributed by atoms with E-state index in [0.717, 1.165) is 31.0 Å². The van der Waals surface area contributed by atoms with Crippen molar-refractivity contribution in [1.82, 2.24) is 15.6 Å². The molecule has 3 N–H and O–H groups in total. The van der Waals surface area contributed by atoms with Gasteiger partial charge in [-0.3, -0.25) is 0 Å². The van der Waals surface area contributed by atoms with Gasteiger partial charge in [0, 0.05) is 31.5 Å². The Morgan fingerprint density at radius 1 is 1.27 bits per heavy atom. The summed E-state index contributed by atoms with van der Waals surface area (Å²) >= 11 is 0. The van der Waals surface area contributed by atoms with Gasteiger partial charge in [-0.2, -0.15) is 0 Å². The van der Waals surface area contributed by atoms with Gasteiger partial charge < -0.3 is 20.5 Å². The number of nitrogens with zero attached hydrogens (tertiary/aromatic N) is 2. The van der Waals surface area contributed by atoms with Gasteiger partial charge in [-0.25, -0.2) is 9.98 Å². The van der Waals surface area contributed by atoms with Crippen molar-refractivity contribution in [2.45, 2.75) is 58.9 Å². The van der Waals surface area contributed by atoms with Crippen molar-refractivity contribution in [2.75, 3.05) is 26.3 Å². The van der Waals surface area contributed by atoms with Crippen molar-refractivity contribution >= 4 is 5.96 Å². The lowest BCUT2D eigenvalue weighted by atomic mass is 9.72. The quantitative estimate of drug-likeness (QED) is 0.465. The van der Waals surface area contributed by atoms with Gasteiger partial charge in [-0.05, 0) is 44.6 Å². The number of aliphatic hydroxyl groups is 1. The first kappa shape index (κ1) is 20.5. The van der Waals surface area contributed by atoms with Crippen LogP contribution in [-0.4, -0.2) is 42.4 Å². The minimum atomic E-state index is 0.188. The zero-order valence-corrected chi connectivity index (χ0v) is 16.3. The predicted octanol–water partition coefficient (Wildman–Crippen LogP) is 2.87. The molecule has 0 amide bonds. The highest BCUT2D eigenvalue weighted by molar-refractivity contribution is 5.79. The lowest BCUT2D eigenvalue weighted by Crippen LogP contribution is -2.44. The molecule has 0 saturated heterocycles. The van der Waals surface area contributed by atoms with Crippen LogP contribution >= 0.6 is 0 Å². The second kappa shape index (κ2) is 11.0. The van der Waals surface area contributed by atoms with Crippen molar-refractivity contribution < 1.29 is 9.84 Å². The van der Waals surface area contributed by atoms with Gasteiger partial charge in [-0.1, -0.05) is 25.3 Å². The topological polar surface area (TPSA) is 78.8 Å². The molecule has 0 bridgehead atoms. The lowest BCUT2D eigenvalue weighted by molar-refractivity contribution is 0.131. The standard InChI is InChI=1S/C20H34N4O2/c1-3-21-19(23-15-17-9-8-13-22-18(17)26-4-2)24-16-20(12-14-25)10-6-5-7-11-20/h8-9,13,25H,3-7,10-12,14-16H2,1-2H3,(H2,21,23,24). The Hall–Kier alpha value is -1.82. The summed E-state index contributed by atoms with van der Waals surface area (Å²) < 4.78 is 5.58. The van der Waals surface area contributed by atoms with Crippen LogP contribution in [0.5, 0.6) is 5.88 Å². The number of rotatable bonds is 9. The van der Waals surface area contributed by atoms with Crippen molar-refractivity contribution in [3.05, 3.63) is 23.9 Å². The van der Waals surface area contributed by atoms with E-state index >= 15 is 0 Å². The molecule has 1 fully saturated rings. The highest BCUT2D eigenvalue weighted by atomic mass is 16.5. The van der Waals surface area contributed by atoms with Crippen LogP contribution in [0.3, 0.4) is 0 Å². The van der Waals surface area contributed by atoms with E-state index < -0.39 is 0 Å². The summed E-state index contributed by atoms with van der Waals surface area (Å²) in [4.78, 5) is 9.00. The van der Waals surface area contributed by atoms with Crippen LogP contribution < -0.4 is 15.4 Å². The maximum absolute atomic E-state index is 9.49. The fourth-order valence-corrected chi connectivity index (χ4v) is 3.64. The molecule has 0 aromatic carbocycles. The number of aliphatic imine (C=N–C) groups is 1. The Morgan fingerprint density at radius 2 is 2.08 bits per heavy atom. The van der Waals surface area contributed by atoms with E-state index in [0.29, 0.717) is 19.0 Å². The average Bonchev–Trinajstić information content (AvgIpc) is 2.66. The molecule has 1 heterocycles. The number of hydrogen-bond donors (Lipinski definition) is 3. The van der Waals surface area contributed by atoms with E-state index in [1.807, 2.05) is 19.1 Å². The van der Waals surface area contributed by atoms with Crippen LogP contribution in [0, 0.1) is 5.41 Å². The highest BCUT2D eigenvalue weighted by Crippen LogP contribution is 2.38. The Kier molecular flexibility index (Phi) is 8.68. The number of aliphatic hydroxyl groups excluding tert-OH is 1. The number of guanidine groups is 1. The molecule has 1 aliphatic rings. The van der Waals surface area contributed by atoms with Gasteiger partial charge in [0.15, 0.2) is 5.96 Å². The fraction of sp³-hybridized carbons (Fsp3) is 0.700. The van der Waals surface area contributed by atoms with Gasteiger partial charge in [-0.15, -0.1) is 0 Å². The molecule has 0 atom stereocenters. The number of hydrogen-bond acceptors (Lipinski definition) is 4. The summed E-state index contributed by atoms with van der Waals surface area (Å²) in [6.45, 7) is 7.05. The van der Waals surface area contributed by atoms with E-state index in [1.165, 1.54) is 32.1 Å². The summed E-state index contributed by atoms with van der Waals surface area (Å²) in [5.41, 5.74) is 1.17. The molecule has 0 aliphatic heterocycles. The van der Waals surface area contributed by atoms with E-state index in [1.54, 1.807) is 6.20 Å². The Labute approximate surface area is 157 Å². The Bertz CT molecular complexity index is 551. The SMILES string of the molecule is CCNC(=NCc1cccnc1OCC)NCC1(CCO)CCCCC1. The van der Waals surface area contributed by atoms with E-state index in [4.69, 9.17) is 9.73 Å². The van der Waals surface area contributed by atoms with Crippen molar-refractivity contribution in [1.29, 1.82) is 0 Å². The van der Waals surface area contributed by atoms with Crippen LogP contribution in [0.4, 0.5) is 0 Å². The first-order chi connectivity index (χ1) is 12.7. The second-order valence-corrected chi connectivity index (χ2v) is 6.98. The number of nitrogens with one attached hydrogen (secondary N) is 2. The Morgan fingerprint density at radius 3 is 2.77 bits per heavy atom. The third kappa shape index (κ3) is 6.16. The minimum absolute atomic E-state index is 0.188. The monoisotopic (exact) mass is 362 g/mol. The maximum atomic E-state index is 9.49. The Balaban J connectivity index is 2.02. The summed E-state index contributed by atoms with van der Waals surface area (Å²) in [7, 11) is 0.